The van der Waals surface area contributed by atoms with Crippen LogP contribution in [-0.2, 0) is 0 Å². The molecular weight excluding hydrogens is 326 g/mol. The van der Waals surface area contributed by atoms with Gasteiger partial charge in [-0.1, -0.05) is 0 Å². The third-order valence-corrected chi connectivity index (χ3v) is 5.59. The highest BCUT2D eigenvalue weighted by Gasteiger charge is 2.23. The highest BCUT2D eigenvalue weighted by Crippen LogP contribution is 2.28. The SMILES string of the molecule is CC(C)N1CCC(Oc2ccc3[nH]c(C(=O)NCC4CC4)cc3c2)CC1. The number of aromatic amines is 1. The van der Waals surface area contributed by atoms with Gasteiger partial charge in [0.2, 0.25) is 0 Å². The van der Waals surface area contributed by atoms with Gasteiger partial charge in [0.25, 0.3) is 5.91 Å². The molecule has 0 bridgehead atoms. The summed E-state index contributed by atoms with van der Waals surface area (Å²) in [7, 11) is 0. The normalized spacial score (nSPS) is 19.2. The molecule has 0 atom stereocenters. The molecule has 1 aliphatic carbocycles. The molecule has 4 rings (SSSR count). The molecule has 26 heavy (non-hydrogen) atoms. The van der Waals surface area contributed by atoms with E-state index in [4.69, 9.17) is 4.74 Å². The van der Waals surface area contributed by atoms with Crippen LogP contribution in [0.15, 0.2) is 24.3 Å². The van der Waals surface area contributed by atoms with Gasteiger partial charge in [-0.05, 0) is 69.7 Å². The molecule has 0 unspecified atom stereocenters. The first kappa shape index (κ1) is 17.4. The van der Waals surface area contributed by atoms with Crippen molar-refractivity contribution in [1.82, 2.24) is 15.2 Å². The number of fused-ring (bicyclic) bond motifs is 1. The molecule has 1 aromatic carbocycles. The average Bonchev–Trinajstić information content (AvgIpc) is 3.37. The van der Waals surface area contributed by atoms with E-state index in [-0.39, 0.29) is 12.0 Å². The van der Waals surface area contributed by atoms with Crippen molar-refractivity contribution in [2.45, 2.75) is 51.7 Å². The van der Waals surface area contributed by atoms with Crippen LogP contribution >= 0.6 is 0 Å². The quantitative estimate of drug-likeness (QED) is 0.833. The van der Waals surface area contributed by atoms with E-state index in [9.17, 15) is 4.79 Å². The molecule has 1 amide bonds. The van der Waals surface area contributed by atoms with Gasteiger partial charge in [-0.25, -0.2) is 0 Å². The van der Waals surface area contributed by atoms with Crippen LogP contribution in [-0.4, -0.2) is 47.6 Å². The number of piperidine rings is 1. The van der Waals surface area contributed by atoms with Crippen LogP contribution in [0.1, 0.15) is 50.0 Å². The second kappa shape index (κ2) is 7.31. The molecule has 1 aromatic heterocycles. The first-order valence-corrected chi connectivity index (χ1v) is 9.90. The minimum absolute atomic E-state index is 0.0170. The Morgan fingerprint density at radius 1 is 1.23 bits per heavy atom. The van der Waals surface area contributed by atoms with Crippen molar-refractivity contribution in [2.75, 3.05) is 19.6 Å². The third kappa shape index (κ3) is 4.04. The Morgan fingerprint density at radius 3 is 2.69 bits per heavy atom. The highest BCUT2D eigenvalue weighted by molar-refractivity contribution is 5.98. The summed E-state index contributed by atoms with van der Waals surface area (Å²) in [6.07, 6.45) is 4.90. The zero-order valence-corrected chi connectivity index (χ0v) is 15.8. The summed E-state index contributed by atoms with van der Waals surface area (Å²) in [6, 6.07) is 8.58. The van der Waals surface area contributed by atoms with E-state index in [1.165, 1.54) is 12.8 Å². The van der Waals surface area contributed by atoms with Crippen LogP contribution in [0.5, 0.6) is 5.75 Å². The third-order valence-electron chi connectivity index (χ3n) is 5.59. The summed E-state index contributed by atoms with van der Waals surface area (Å²) in [5.74, 6) is 1.56. The summed E-state index contributed by atoms with van der Waals surface area (Å²) in [6.45, 7) is 7.48. The van der Waals surface area contributed by atoms with E-state index in [2.05, 4.69) is 29.0 Å². The maximum Gasteiger partial charge on any atom is 0.267 e. The fourth-order valence-electron chi connectivity index (χ4n) is 3.66. The van der Waals surface area contributed by atoms with Gasteiger partial charge < -0.3 is 19.9 Å². The van der Waals surface area contributed by atoms with Crippen LogP contribution in [0, 0.1) is 5.92 Å². The first-order chi connectivity index (χ1) is 12.6. The van der Waals surface area contributed by atoms with Crippen LogP contribution < -0.4 is 10.1 Å². The van der Waals surface area contributed by atoms with Gasteiger partial charge in [-0.15, -0.1) is 0 Å². The van der Waals surface area contributed by atoms with Crippen LogP contribution in [0.2, 0.25) is 0 Å². The number of hydrogen-bond acceptors (Lipinski definition) is 3. The number of rotatable bonds is 6. The Morgan fingerprint density at radius 2 is 2.00 bits per heavy atom. The summed E-state index contributed by atoms with van der Waals surface area (Å²) in [4.78, 5) is 18.0. The Hall–Kier alpha value is -2.01. The topological polar surface area (TPSA) is 57.4 Å². The minimum atomic E-state index is -0.0170. The van der Waals surface area contributed by atoms with Crippen molar-refractivity contribution in [1.29, 1.82) is 0 Å². The van der Waals surface area contributed by atoms with Crippen molar-refractivity contribution in [3.8, 4) is 5.75 Å². The summed E-state index contributed by atoms with van der Waals surface area (Å²) >= 11 is 0. The number of carbonyl (C=O) groups excluding carboxylic acids is 1. The van der Waals surface area contributed by atoms with Crippen LogP contribution in [0.25, 0.3) is 10.9 Å². The molecule has 2 fully saturated rings. The molecule has 0 radical (unpaired) electrons. The molecule has 2 N–H and O–H groups in total. The van der Waals surface area contributed by atoms with Gasteiger partial charge in [0, 0.05) is 36.6 Å². The lowest BCUT2D eigenvalue weighted by Crippen LogP contribution is -2.41. The number of carbonyl (C=O) groups is 1. The first-order valence-electron chi connectivity index (χ1n) is 9.90. The number of ether oxygens (including phenoxy) is 1. The zero-order chi connectivity index (χ0) is 18.1. The number of likely N-dealkylation sites (tertiary alicyclic amines) is 1. The van der Waals surface area contributed by atoms with E-state index < -0.39 is 0 Å². The molecule has 5 heteroatoms. The van der Waals surface area contributed by atoms with E-state index >= 15 is 0 Å². The van der Waals surface area contributed by atoms with Crippen molar-refractivity contribution in [3.63, 3.8) is 0 Å². The van der Waals surface area contributed by atoms with Crippen LogP contribution in [0.3, 0.4) is 0 Å². The molecular formula is C21H29N3O2. The van der Waals surface area contributed by atoms with Gasteiger partial charge in [0.1, 0.15) is 17.5 Å². The summed E-state index contributed by atoms with van der Waals surface area (Å²) < 4.78 is 6.21. The number of aromatic nitrogens is 1. The van der Waals surface area contributed by atoms with E-state index in [1.807, 2.05) is 24.3 Å². The van der Waals surface area contributed by atoms with Crippen molar-refractivity contribution in [2.24, 2.45) is 5.92 Å². The molecule has 2 aliphatic rings. The van der Waals surface area contributed by atoms with Gasteiger partial charge in [-0.2, -0.15) is 0 Å². The lowest BCUT2D eigenvalue weighted by Gasteiger charge is -2.34. The smallest absolute Gasteiger partial charge is 0.267 e. The number of nitrogens with one attached hydrogen (secondary N) is 2. The van der Waals surface area contributed by atoms with Gasteiger partial charge in [0.05, 0.1) is 0 Å². The monoisotopic (exact) mass is 355 g/mol. The standard InChI is InChI=1S/C21H29N3O2/c1-14(2)24-9-7-17(8-10-24)26-18-5-6-19-16(11-18)12-20(23-19)21(25)22-13-15-3-4-15/h5-6,11-12,14-15,17,23H,3-4,7-10,13H2,1-2H3,(H,22,25). The molecule has 1 aliphatic heterocycles. The second-order valence-electron chi connectivity index (χ2n) is 8.03. The lowest BCUT2D eigenvalue weighted by atomic mass is 10.1. The van der Waals surface area contributed by atoms with E-state index in [0.29, 0.717) is 17.7 Å². The predicted molar refractivity (Wildman–Crippen MR) is 104 cm³/mol. The maximum atomic E-state index is 12.3. The van der Waals surface area contributed by atoms with Gasteiger partial charge in [-0.3, -0.25) is 4.79 Å². The molecule has 0 spiro atoms. The number of nitrogens with zero attached hydrogens (tertiary/aromatic N) is 1. The average molecular weight is 355 g/mol. The maximum absolute atomic E-state index is 12.3. The largest absolute Gasteiger partial charge is 0.490 e. The van der Waals surface area contributed by atoms with Crippen molar-refractivity contribution < 1.29 is 9.53 Å². The van der Waals surface area contributed by atoms with Gasteiger partial charge in [0.15, 0.2) is 0 Å². The van der Waals surface area contributed by atoms with Crippen molar-refractivity contribution >= 4 is 16.8 Å². The fourth-order valence-corrected chi connectivity index (χ4v) is 3.66. The minimum Gasteiger partial charge on any atom is -0.490 e. The Labute approximate surface area is 155 Å². The number of hydrogen-bond donors (Lipinski definition) is 2. The number of amides is 1. The Bertz CT molecular complexity index is 771. The number of benzene rings is 1. The molecule has 2 aromatic rings. The molecule has 2 heterocycles. The van der Waals surface area contributed by atoms with Gasteiger partial charge >= 0.3 is 0 Å². The molecule has 140 valence electrons. The number of H-pyrrole nitrogens is 1. The molecule has 1 saturated carbocycles. The Kier molecular flexibility index (Phi) is 4.90. The zero-order valence-electron chi connectivity index (χ0n) is 15.8. The van der Waals surface area contributed by atoms with Crippen molar-refractivity contribution in [3.05, 3.63) is 30.0 Å². The second-order valence-corrected chi connectivity index (χ2v) is 8.03. The highest BCUT2D eigenvalue weighted by atomic mass is 16.5. The summed E-state index contributed by atoms with van der Waals surface area (Å²) in [5.41, 5.74) is 1.60. The fraction of sp³-hybridized carbons (Fsp3) is 0.571. The van der Waals surface area contributed by atoms with E-state index in [1.54, 1.807) is 0 Å². The Balaban J connectivity index is 1.38. The molecule has 5 nitrogen and oxygen atoms in total. The van der Waals surface area contributed by atoms with E-state index in [0.717, 1.165) is 49.1 Å². The lowest BCUT2D eigenvalue weighted by molar-refractivity contribution is 0.0844. The predicted octanol–water partition coefficient (Wildman–Crippen LogP) is 3.56. The molecule has 1 saturated heterocycles. The summed E-state index contributed by atoms with van der Waals surface area (Å²) in [5, 5.41) is 4.04. The van der Waals surface area contributed by atoms with Crippen LogP contribution in [0.4, 0.5) is 0 Å².